The number of hydrogen-bond acceptors (Lipinski definition) is 3. The molecule has 0 heterocycles. The molecule has 0 saturated carbocycles. The Morgan fingerprint density at radius 3 is 2.58 bits per heavy atom. The number of carbonyl (C=O) groups excluding carboxylic acids is 1. The lowest BCUT2D eigenvalue weighted by atomic mass is 10.0. The van der Waals surface area contributed by atoms with E-state index < -0.39 is 0 Å². The van der Waals surface area contributed by atoms with Crippen LogP contribution >= 0.6 is 0 Å². The van der Waals surface area contributed by atoms with Gasteiger partial charge in [-0.25, -0.2) is 0 Å². The smallest absolute Gasteiger partial charge is 0.241 e. The van der Waals surface area contributed by atoms with Crippen molar-refractivity contribution < 1.29 is 9.53 Å². The van der Waals surface area contributed by atoms with Gasteiger partial charge in [0.1, 0.15) is 11.8 Å². The second kappa shape index (κ2) is 8.50. The van der Waals surface area contributed by atoms with Gasteiger partial charge in [-0.05, 0) is 44.6 Å². The van der Waals surface area contributed by atoms with E-state index in [0.717, 1.165) is 28.9 Å². The SMILES string of the molecule is COc1ccccc1CCNC(=O)[C@@H](c1cccc(C)c1)N(C)C. The van der Waals surface area contributed by atoms with Crippen LogP contribution in [0.25, 0.3) is 0 Å². The molecule has 0 radical (unpaired) electrons. The maximum atomic E-state index is 12.7. The van der Waals surface area contributed by atoms with Crippen LogP contribution in [-0.4, -0.2) is 38.6 Å². The molecule has 0 aromatic heterocycles. The Balaban J connectivity index is 2.01. The van der Waals surface area contributed by atoms with Crippen LogP contribution in [0.4, 0.5) is 0 Å². The molecule has 0 fully saturated rings. The zero-order valence-corrected chi connectivity index (χ0v) is 14.9. The molecule has 2 aromatic carbocycles. The third-order valence-electron chi connectivity index (χ3n) is 4.01. The fourth-order valence-corrected chi connectivity index (χ4v) is 2.85. The van der Waals surface area contributed by atoms with E-state index in [1.807, 2.05) is 68.4 Å². The van der Waals surface area contributed by atoms with E-state index in [-0.39, 0.29) is 11.9 Å². The summed E-state index contributed by atoms with van der Waals surface area (Å²) in [7, 11) is 5.51. The summed E-state index contributed by atoms with van der Waals surface area (Å²) in [5.74, 6) is 0.870. The number of para-hydroxylation sites is 1. The van der Waals surface area contributed by atoms with Crippen LogP contribution in [0.1, 0.15) is 22.7 Å². The van der Waals surface area contributed by atoms with E-state index in [4.69, 9.17) is 4.74 Å². The number of hydrogen-bond donors (Lipinski definition) is 1. The van der Waals surface area contributed by atoms with Crippen molar-refractivity contribution >= 4 is 5.91 Å². The number of nitrogens with zero attached hydrogens (tertiary/aromatic N) is 1. The summed E-state index contributed by atoms with van der Waals surface area (Å²) in [4.78, 5) is 14.6. The molecule has 0 unspecified atom stereocenters. The number of carbonyl (C=O) groups is 1. The van der Waals surface area contributed by atoms with Crippen LogP contribution in [-0.2, 0) is 11.2 Å². The van der Waals surface area contributed by atoms with Gasteiger partial charge in [0, 0.05) is 6.54 Å². The summed E-state index contributed by atoms with van der Waals surface area (Å²) in [6.07, 6.45) is 0.740. The maximum Gasteiger partial charge on any atom is 0.241 e. The highest BCUT2D eigenvalue weighted by Crippen LogP contribution is 2.20. The summed E-state index contributed by atoms with van der Waals surface area (Å²) in [6.45, 7) is 2.62. The summed E-state index contributed by atoms with van der Waals surface area (Å²) in [6, 6.07) is 15.7. The molecule has 1 N–H and O–H groups in total. The predicted octanol–water partition coefficient (Wildman–Crippen LogP) is 2.97. The third-order valence-corrected chi connectivity index (χ3v) is 4.01. The molecule has 1 amide bonds. The van der Waals surface area contributed by atoms with Crippen LogP contribution < -0.4 is 10.1 Å². The molecule has 2 aromatic rings. The molecule has 0 aliphatic carbocycles. The highest BCUT2D eigenvalue weighted by Gasteiger charge is 2.22. The predicted molar refractivity (Wildman–Crippen MR) is 97.3 cm³/mol. The monoisotopic (exact) mass is 326 g/mol. The molecule has 128 valence electrons. The minimum Gasteiger partial charge on any atom is -0.496 e. The van der Waals surface area contributed by atoms with E-state index in [2.05, 4.69) is 11.4 Å². The van der Waals surface area contributed by atoms with E-state index >= 15 is 0 Å². The van der Waals surface area contributed by atoms with Gasteiger partial charge in [-0.1, -0.05) is 48.0 Å². The molecule has 24 heavy (non-hydrogen) atoms. The first-order valence-electron chi connectivity index (χ1n) is 8.15. The van der Waals surface area contributed by atoms with Crippen LogP contribution in [0, 0.1) is 6.92 Å². The molecule has 0 spiro atoms. The third kappa shape index (κ3) is 4.59. The number of aryl methyl sites for hydroxylation is 1. The lowest BCUT2D eigenvalue weighted by Gasteiger charge is -2.24. The zero-order chi connectivity index (χ0) is 17.5. The first-order valence-corrected chi connectivity index (χ1v) is 8.15. The zero-order valence-electron chi connectivity index (χ0n) is 14.9. The molecule has 4 heteroatoms. The molecular formula is C20H26N2O2. The van der Waals surface area contributed by atoms with Gasteiger partial charge in [0.2, 0.25) is 5.91 Å². The van der Waals surface area contributed by atoms with E-state index in [9.17, 15) is 4.79 Å². The van der Waals surface area contributed by atoms with E-state index in [0.29, 0.717) is 6.54 Å². The molecular weight excluding hydrogens is 300 g/mol. The Morgan fingerprint density at radius 1 is 1.17 bits per heavy atom. The normalized spacial score (nSPS) is 12.0. The van der Waals surface area contributed by atoms with Crippen molar-refractivity contribution in [2.24, 2.45) is 0 Å². The Kier molecular flexibility index (Phi) is 6.38. The standard InChI is InChI=1S/C20H26N2O2/c1-15-8-7-10-17(14-15)19(22(2)3)20(23)21-13-12-16-9-5-6-11-18(16)24-4/h5-11,14,19H,12-13H2,1-4H3,(H,21,23)/t19-/m1/s1. The van der Waals surface area contributed by atoms with Crippen molar-refractivity contribution in [3.63, 3.8) is 0 Å². The van der Waals surface area contributed by atoms with E-state index in [1.165, 1.54) is 0 Å². The number of nitrogens with one attached hydrogen (secondary N) is 1. The largest absolute Gasteiger partial charge is 0.496 e. The van der Waals surface area contributed by atoms with Gasteiger partial charge in [-0.3, -0.25) is 9.69 Å². The van der Waals surface area contributed by atoms with Gasteiger partial charge in [-0.15, -0.1) is 0 Å². The summed E-state index contributed by atoms with van der Waals surface area (Å²) >= 11 is 0. The van der Waals surface area contributed by atoms with Gasteiger partial charge in [0.25, 0.3) is 0 Å². The van der Waals surface area contributed by atoms with Crippen molar-refractivity contribution in [2.75, 3.05) is 27.7 Å². The number of amides is 1. The van der Waals surface area contributed by atoms with Crippen molar-refractivity contribution in [1.82, 2.24) is 10.2 Å². The van der Waals surface area contributed by atoms with Gasteiger partial charge in [0.15, 0.2) is 0 Å². The topological polar surface area (TPSA) is 41.6 Å². The first kappa shape index (κ1) is 18.0. The molecule has 1 atom stereocenters. The van der Waals surface area contributed by atoms with Crippen molar-refractivity contribution in [2.45, 2.75) is 19.4 Å². The van der Waals surface area contributed by atoms with Crippen molar-refractivity contribution in [3.8, 4) is 5.75 Å². The molecule has 0 bridgehead atoms. The Hall–Kier alpha value is -2.33. The first-order chi connectivity index (χ1) is 11.5. The summed E-state index contributed by atoms with van der Waals surface area (Å²) < 4.78 is 5.35. The second-order valence-corrected chi connectivity index (χ2v) is 6.13. The summed E-state index contributed by atoms with van der Waals surface area (Å²) in [5, 5.41) is 3.05. The maximum absolute atomic E-state index is 12.7. The van der Waals surface area contributed by atoms with Gasteiger partial charge in [0.05, 0.1) is 7.11 Å². The minimum absolute atomic E-state index is 0.0143. The molecule has 2 rings (SSSR count). The van der Waals surface area contributed by atoms with Gasteiger partial charge >= 0.3 is 0 Å². The van der Waals surface area contributed by atoms with Crippen LogP contribution in [0.2, 0.25) is 0 Å². The molecule has 0 aliphatic heterocycles. The Labute approximate surface area is 144 Å². The number of benzene rings is 2. The van der Waals surface area contributed by atoms with Crippen LogP contribution in [0.5, 0.6) is 5.75 Å². The van der Waals surface area contributed by atoms with E-state index in [1.54, 1.807) is 7.11 Å². The van der Waals surface area contributed by atoms with Crippen molar-refractivity contribution in [1.29, 1.82) is 0 Å². The molecule has 0 aliphatic rings. The van der Waals surface area contributed by atoms with Crippen LogP contribution in [0.3, 0.4) is 0 Å². The fourth-order valence-electron chi connectivity index (χ4n) is 2.85. The average Bonchev–Trinajstić information content (AvgIpc) is 2.55. The number of rotatable bonds is 7. The number of ether oxygens (including phenoxy) is 1. The Morgan fingerprint density at radius 2 is 1.92 bits per heavy atom. The lowest BCUT2D eigenvalue weighted by Crippen LogP contribution is -2.38. The highest BCUT2D eigenvalue weighted by molar-refractivity contribution is 5.83. The lowest BCUT2D eigenvalue weighted by molar-refractivity contribution is -0.125. The summed E-state index contributed by atoms with van der Waals surface area (Å²) in [5.41, 5.74) is 3.26. The second-order valence-electron chi connectivity index (χ2n) is 6.13. The molecule has 0 saturated heterocycles. The number of methoxy groups -OCH3 is 1. The van der Waals surface area contributed by atoms with Gasteiger partial charge < -0.3 is 10.1 Å². The van der Waals surface area contributed by atoms with Crippen molar-refractivity contribution in [3.05, 3.63) is 65.2 Å². The molecule has 4 nitrogen and oxygen atoms in total. The quantitative estimate of drug-likeness (QED) is 0.850. The average molecular weight is 326 g/mol. The number of likely N-dealkylation sites (N-methyl/N-ethyl adjacent to an activating group) is 1. The van der Waals surface area contributed by atoms with Crippen LogP contribution in [0.15, 0.2) is 48.5 Å². The fraction of sp³-hybridized carbons (Fsp3) is 0.350. The van der Waals surface area contributed by atoms with Gasteiger partial charge in [-0.2, -0.15) is 0 Å². The Bertz CT molecular complexity index is 683. The minimum atomic E-state index is -0.289. The highest BCUT2D eigenvalue weighted by atomic mass is 16.5.